The third kappa shape index (κ3) is 31.0. The molecule has 0 saturated carbocycles. The summed E-state index contributed by atoms with van der Waals surface area (Å²) < 4.78 is 10.0. The van der Waals surface area contributed by atoms with Gasteiger partial charge in [-0.05, 0) is 115 Å². The fourth-order valence-electron chi connectivity index (χ4n) is 5.73. The third-order valence-electron chi connectivity index (χ3n) is 10.9. The molecule has 12 heteroatoms. The predicted octanol–water partition coefficient (Wildman–Crippen LogP) is 22.3. The summed E-state index contributed by atoms with van der Waals surface area (Å²) in [6.45, 7) is 48.0. The number of nitrogens with zero attached hydrogens (tertiary/aromatic N) is 3. The number of aromatic amines is 2. The first-order valence-electron chi connectivity index (χ1n) is 26.5. The van der Waals surface area contributed by atoms with Gasteiger partial charge in [-0.25, -0.2) is 9.97 Å². The number of nitrogens with one attached hydrogen (secondary N) is 2. The van der Waals surface area contributed by atoms with Crippen molar-refractivity contribution in [3.8, 4) is 0 Å². The minimum absolute atomic E-state index is 0.222. The second kappa shape index (κ2) is 35.7. The zero-order valence-corrected chi connectivity index (χ0v) is 54.5. The van der Waals surface area contributed by atoms with Gasteiger partial charge in [-0.1, -0.05) is 158 Å². The highest BCUT2D eigenvalue weighted by Crippen LogP contribution is 2.25. The van der Waals surface area contributed by atoms with Crippen molar-refractivity contribution >= 4 is 56.7 Å². The fourth-order valence-corrected chi connectivity index (χ4v) is 9.43. The topological polar surface area (TPSA) is 96.5 Å². The first kappa shape index (κ1) is 69.4. The summed E-state index contributed by atoms with van der Waals surface area (Å²) in [6, 6.07) is 18.6. The quantitative estimate of drug-likeness (QED) is 0.179. The number of rotatable bonds is 5. The minimum atomic E-state index is 0.222. The van der Waals surface area contributed by atoms with Gasteiger partial charge in [-0.3, -0.25) is 4.98 Å². The first-order valence-corrected chi connectivity index (χ1v) is 31.0. The summed E-state index contributed by atoms with van der Waals surface area (Å²) in [4.78, 5) is 21.3. The van der Waals surface area contributed by atoms with Gasteiger partial charge in [0.2, 0.25) is 0 Å². The van der Waals surface area contributed by atoms with Crippen molar-refractivity contribution in [1.29, 1.82) is 0 Å². The zero-order valence-electron chi connectivity index (χ0n) is 50.4. The van der Waals surface area contributed by atoms with Gasteiger partial charge in [0.15, 0.2) is 0 Å². The molecule has 9 rings (SSSR count). The summed E-state index contributed by atoms with van der Waals surface area (Å²) in [7, 11) is 0. The summed E-state index contributed by atoms with van der Waals surface area (Å²) in [5.41, 5.74) is 11.4. The minimum Gasteiger partial charge on any atom is -0.472 e. The largest absolute Gasteiger partial charge is 0.472 e. The van der Waals surface area contributed by atoms with Gasteiger partial charge in [0.05, 0.1) is 40.5 Å². The maximum atomic E-state index is 5.09. The van der Waals surface area contributed by atoms with Crippen molar-refractivity contribution in [3.05, 3.63) is 191 Å². The number of thiazole rings is 3. The highest BCUT2D eigenvalue weighted by atomic mass is 32.1. The lowest BCUT2D eigenvalue weighted by atomic mass is 9.89. The van der Waals surface area contributed by atoms with Gasteiger partial charge in [-0.15, -0.1) is 45.3 Å². The van der Waals surface area contributed by atoms with E-state index in [1.807, 2.05) is 83.0 Å². The van der Waals surface area contributed by atoms with Crippen molar-refractivity contribution < 1.29 is 8.83 Å². The van der Waals surface area contributed by atoms with Crippen molar-refractivity contribution in [2.45, 2.75) is 204 Å². The molecule has 0 fully saturated rings. The Kier molecular flexibility index (Phi) is 32.7. The SMILES string of the molecule is CC(C)(C)c1cc[nH]c1.CC(C)(C)c1ccoc1.CC(C)(C)c1ccsc1.CC(C)(C)c1cscn1.CC(C)c1ccc[nH]1.CC(C)c1ccco1.CC(C)c1cccs1.CC(C)c1cncs1.CC(C)c1nccs1. The molecule has 0 aliphatic rings. The number of hydrogen-bond donors (Lipinski definition) is 2. The third-order valence-corrected chi connectivity index (χ3v) is 15.5. The molecule has 7 nitrogen and oxygen atoms in total. The maximum absolute atomic E-state index is 5.09. The van der Waals surface area contributed by atoms with Crippen LogP contribution in [-0.2, 0) is 21.7 Å². The molecule has 0 aliphatic carbocycles. The molecule has 9 aromatic heterocycles. The van der Waals surface area contributed by atoms with Gasteiger partial charge in [-0.2, -0.15) is 11.3 Å². The summed E-state index contributed by atoms with van der Waals surface area (Å²) >= 11 is 8.69. The van der Waals surface area contributed by atoms with Gasteiger partial charge in [0.1, 0.15) is 5.76 Å². The van der Waals surface area contributed by atoms with E-state index in [0.29, 0.717) is 40.4 Å². The summed E-state index contributed by atoms with van der Waals surface area (Å²) in [6.07, 6.45) is 14.9. The number of hydrogen-bond acceptors (Lipinski definition) is 10. The van der Waals surface area contributed by atoms with E-state index in [4.69, 9.17) is 8.83 Å². The van der Waals surface area contributed by atoms with Gasteiger partial charge < -0.3 is 18.8 Å². The van der Waals surface area contributed by atoms with Crippen LogP contribution >= 0.6 is 56.7 Å². The van der Waals surface area contributed by atoms with Crippen LogP contribution in [-0.4, -0.2) is 24.9 Å². The Labute approximate surface area is 481 Å². The first-order chi connectivity index (χ1) is 35.4. The second-order valence-corrected chi connectivity index (χ2v) is 28.0. The van der Waals surface area contributed by atoms with Crippen LogP contribution in [0.25, 0.3) is 0 Å². The molecule has 0 amide bonds. The molecule has 0 aliphatic heterocycles. The number of thiophene rings is 2. The lowest BCUT2D eigenvalue weighted by Gasteiger charge is -2.15. The number of H-pyrrole nitrogens is 2. The highest BCUT2D eigenvalue weighted by molar-refractivity contribution is 7.10. The predicted molar refractivity (Wildman–Crippen MR) is 339 cm³/mol. The zero-order chi connectivity index (χ0) is 57.5. The average molecular weight is 1130 g/mol. The molecular weight excluding hydrogens is 1030 g/mol. The Hall–Kier alpha value is -4.59. The van der Waals surface area contributed by atoms with Crippen LogP contribution in [0.2, 0.25) is 0 Å². The molecule has 0 atom stereocenters. The molecule has 76 heavy (non-hydrogen) atoms. The van der Waals surface area contributed by atoms with E-state index in [2.05, 4.69) is 229 Å². The monoisotopic (exact) mass is 1130 g/mol. The number of furan rings is 2. The number of aromatic nitrogens is 5. The maximum Gasteiger partial charge on any atom is 0.106 e. The van der Waals surface area contributed by atoms with E-state index in [9.17, 15) is 0 Å². The van der Waals surface area contributed by atoms with Crippen molar-refractivity contribution in [1.82, 2.24) is 24.9 Å². The van der Waals surface area contributed by atoms with Crippen LogP contribution in [0.4, 0.5) is 0 Å². The molecule has 0 aromatic carbocycles. The normalized spacial score (nSPS) is 11.1. The summed E-state index contributed by atoms with van der Waals surface area (Å²) in [5.74, 6) is 4.15. The molecule has 2 N–H and O–H groups in total. The fraction of sp³-hybridized carbons (Fsp3) is 0.484. The van der Waals surface area contributed by atoms with Crippen LogP contribution < -0.4 is 0 Å². The molecule has 0 spiro atoms. The molecule has 0 radical (unpaired) electrons. The van der Waals surface area contributed by atoms with E-state index < -0.39 is 0 Å². The van der Waals surface area contributed by atoms with Gasteiger partial charge >= 0.3 is 0 Å². The lowest BCUT2D eigenvalue weighted by molar-refractivity contribution is 0.487. The van der Waals surface area contributed by atoms with Crippen LogP contribution in [0.5, 0.6) is 0 Å². The van der Waals surface area contributed by atoms with Gasteiger partial charge in [0, 0.05) is 74.4 Å². The van der Waals surface area contributed by atoms with Crippen LogP contribution in [0.1, 0.15) is 231 Å². The molecular formula is C64H97N5O2S5. The Bertz CT molecular complexity index is 2160. The van der Waals surface area contributed by atoms with Crippen molar-refractivity contribution in [2.75, 3.05) is 0 Å². The molecule has 0 bridgehead atoms. The van der Waals surface area contributed by atoms with E-state index in [1.54, 1.807) is 64.1 Å². The molecule has 0 saturated heterocycles. The highest BCUT2D eigenvalue weighted by Gasteiger charge is 2.16. The van der Waals surface area contributed by atoms with E-state index in [1.165, 1.54) is 42.8 Å². The molecule has 0 unspecified atom stereocenters. The summed E-state index contributed by atoms with van der Waals surface area (Å²) in [5, 5.41) is 11.8. The second-order valence-electron chi connectivity index (χ2n) is 23.7. The Balaban J connectivity index is 0.000000428. The average Bonchev–Trinajstić information content (AvgIpc) is 4.19. The van der Waals surface area contributed by atoms with Crippen molar-refractivity contribution in [2.24, 2.45) is 0 Å². The van der Waals surface area contributed by atoms with E-state index >= 15 is 0 Å². The van der Waals surface area contributed by atoms with Crippen LogP contribution in [0.15, 0.2) is 151 Å². The lowest BCUT2D eigenvalue weighted by Crippen LogP contribution is -2.10. The van der Waals surface area contributed by atoms with Gasteiger partial charge in [0.25, 0.3) is 0 Å². The smallest absolute Gasteiger partial charge is 0.106 e. The molecule has 9 heterocycles. The van der Waals surface area contributed by atoms with E-state index in [0.717, 1.165) is 5.76 Å². The Morgan fingerprint density at radius 3 is 1.41 bits per heavy atom. The van der Waals surface area contributed by atoms with Crippen LogP contribution in [0.3, 0.4) is 0 Å². The Morgan fingerprint density at radius 2 is 1.17 bits per heavy atom. The Morgan fingerprint density at radius 1 is 0.500 bits per heavy atom. The van der Waals surface area contributed by atoms with Crippen LogP contribution in [0, 0.1) is 0 Å². The standard InChI is InChI=1S/C8H13N.C8H12O.C8H12S.C7H11NS.C7H11N.C7H10O.C7H10S.2C6H9NS/c3*1-8(2,3)7-4-5-9-6-7;1-7(2,3)6-4-9-5-8-6;3*1-6(2)7-4-3-5-8-7;1-5(2)6-3-7-4-8-6;1-5(2)6-7-3-4-8-6/h4-6,9H,1-3H3;2*4-6H,1-3H3;4-5H,1-3H3;3-6,8H,1-2H3;2*3-6H,1-2H3;2*3-5H,1-2H3. The molecule has 420 valence electrons. The van der Waals surface area contributed by atoms with E-state index in [-0.39, 0.29) is 10.8 Å². The van der Waals surface area contributed by atoms with Crippen molar-refractivity contribution in [3.63, 3.8) is 0 Å². The molecule has 9 aromatic rings.